The zero-order chi connectivity index (χ0) is 20.3. The number of amides is 2. The first-order valence-electron chi connectivity index (χ1n) is 8.40. The number of rotatable bonds is 6. The number of hydrogen-bond acceptors (Lipinski definition) is 8. The molecule has 9 heteroatoms. The van der Waals surface area contributed by atoms with Crippen LogP contribution in [0.2, 0.25) is 0 Å². The summed E-state index contributed by atoms with van der Waals surface area (Å²) in [7, 11) is 0. The quantitative estimate of drug-likeness (QED) is 0.523. The summed E-state index contributed by atoms with van der Waals surface area (Å²) >= 11 is 0.881. The molecule has 0 saturated carbocycles. The second kappa shape index (κ2) is 8.22. The number of benzene rings is 1. The summed E-state index contributed by atoms with van der Waals surface area (Å²) < 4.78 is 4.99. The molecule has 0 unspecified atom stereocenters. The zero-order valence-electron chi connectivity index (χ0n) is 14.8. The van der Waals surface area contributed by atoms with Gasteiger partial charge in [0.25, 0.3) is 0 Å². The van der Waals surface area contributed by atoms with Crippen LogP contribution in [0.25, 0.3) is 0 Å². The number of pyridine rings is 1. The molecule has 2 aromatic rings. The van der Waals surface area contributed by atoms with Gasteiger partial charge >= 0.3 is 5.97 Å². The number of thioether (sulfide) groups is 1. The number of esters is 1. The molecule has 1 fully saturated rings. The summed E-state index contributed by atoms with van der Waals surface area (Å²) in [5.74, 6) is -3.11. The van der Waals surface area contributed by atoms with Gasteiger partial charge in [-0.15, -0.1) is 0 Å². The van der Waals surface area contributed by atoms with Gasteiger partial charge in [0.05, 0.1) is 29.1 Å². The first-order chi connectivity index (χ1) is 13.4. The Morgan fingerprint density at radius 1 is 1.21 bits per heavy atom. The predicted molar refractivity (Wildman–Crippen MR) is 97.7 cm³/mol. The summed E-state index contributed by atoms with van der Waals surface area (Å²) in [5, 5.41) is 10.5. The van der Waals surface area contributed by atoms with Crippen molar-refractivity contribution in [3.05, 3.63) is 53.7 Å². The molecule has 1 atom stereocenters. The molecule has 1 aromatic heterocycles. The van der Waals surface area contributed by atoms with Crippen LogP contribution < -0.4 is 10.0 Å². The smallest absolute Gasteiger partial charge is 0.340 e. The average molecular weight is 399 g/mol. The number of carbonyl (C=O) groups excluding carboxylic acids is 4. The molecule has 0 aliphatic carbocycles. The molecule has 28 heavy (non-hydrogen) atoms. The fourth-order valence-electron chi connectivity index (χ4n) is 2.77. The molecule has 0 N–H and O–H groups in total. The van der Waals surface area contributed by atoms with E-state index in [2.05, 4.69) is 4.98 Å². The van der Waals surface area contributed by atoms with Gasteiger partial charge in [0, 0.05) is 18.2 Å². The Balaban J connectivity index is 1.90. The molecule has 2 heterocycles. The molecule has 1 aromatic carbocycles. The fraction of sp³-hybridized carbons (Fsp3) is 0.211. The molecule has 1 aliphatic rings. The third-order valence-electron chi connectivity index (χ3n) is 3.99. The van der Waals surface area contributed by atoms with Gasteiger partial charge in [0.1, 0.15) is 5.03 Å². The second-order valence-corrected chi connectivity index (χ2v) is 6.95. The van der Waals surface area contributed by atoms with E-state index in [1.165, 1.54) is 30.5 Å². The van der Waals surface area contributed by atoms with E-state index in [1.54, 1.807) is 19.1 Å². The van der Waals surface area contributed by atoms with Gasteiger partial charge in [-0.05, 0) is 31.2 Å². The minimum atomic E-state index is -1.42. The number of para-hydroxylation sites is 1. The van der Waals surface area contributed by atoms with Crippen LogP contribution in [-0.2, 0) is 14.3 Å². The Morgan fingerprint density at radius 2 is 1.93 bits per heavy atom. The number of nitrogens with zero attached hydrogens (tertiary/aromatic N) is 2. The highest BCUT2D eigenvalue weighted by Gasteiger charge is 2.42. The van der Waals surface area contributed by atoms with Crippen molar-refractivity contribution in [1.29, 1.82) is 0 Å². The predicted octanol–water partition coefficient (Wildman–Crippen LogP) is 1.05. The van der Waals surface area contributed by atoms with Crippen LogP contribution in [0, 0.1) is 0 Å². The monoisotopic (exact) mass is 399 g/mol. The van der Waals surface area contributed by atoms with E-state index in [-0.39, 0.29) is 34.9 Å². The van der Waals surface area contributed by atoms with Crippen LogP contribution in [-0.4, -0.2) is 40.6 Å². The van der Waals surface area contributed by atoms with Gasteiger partial charge in [-0.1, -0.05) is 23.9 Å². The first kappa shape index (κ1) is 19.6. The Kier molecular flexibility index (Phi) is 5.74. The normalized spacial score (nSPS) is 16.3. The maximum atomic E-state index is 12.9. The van der Waals surface area contributed by atoms with Gasteiger partial charge in [-0.25, -0.2) is 14.7 Å². The minimum Gasteiger partial charge on any atom is -0.545 e. The summed E-state index contributed by atoms with van der Waals surface area (Å²) in [5.41, 5.74) is 0.0864. The molecule has 0 bridgehead atoms. The maximum Gasteiger partial charge on any atom is 0.340 e. The van der Waals surface area contributed by atoms with Gasteiger partial charge in [-0.2, -0.15) is 0 Å². The number of imide groups is 1. The SMILES string of the molecule is CCOC(=O)c1ccccc1N1C(=O)C[C@@H](Sc2ncccc2C(=O)[O-])C1=O. The number of ether oxygens (including phenoxy) is 1. The largest absolute Gasteiger partial charge is 0.545 e. The zero-order valence-corrected chi connectivity index (χ0v) is 15.6. The van der Waals surface area contributed by atoms with E-state index in [0.717, 1.165) is 16.7 Å². The fourth-order valence-corrected chi connectivity index (χ4v) is 3.88. The summed E-state index contributed by atoms with van der Waals surface area (Å²) in [4.78, 5) is 53.7. The summed E-state index contributed by atoms with van der Waals surface area (Å²) in [6, 6.07) is 8.93. The van der Waals surface area contributed by atoms with Crippen LogP contribution >= 0.6 is 11.8 Å². The second-order valence-electron chi connectivity index (χ2n) is 5.76. The number of aromatic nitrogens is 1. The molecule has 1 aliphatic heterocycles. The van der Waals surface area contributed by atoms with Gasteiger partial charge in [-0.3, -0.25) is 9.59 Å². The van der Waals surface area contributed by atoms with Crippen molar-refractivity contribution < 1.29 is 29.0 Å². The van der Waals surface area contributed by atoms with Crippen molar-refractivity contribution in [3.63, 3.8) is 0 Å². The van der Waals surface area contributed by atoms with E-state index >= 15 is 0 Å². The van der Waals surface area contributed by atoms with E-state index in [9.17, 15) is 24.3 Å². The van der Waals surface area contributed by atoms with Crippen molar-refractivity contribution in [2.45, 2.75) is 23.6 Å². The highest BCUT2D eigenvalue weighted by atomic mass is 32.2. The number of carbonyl (C=O) groups is 4. The summed E-state index contributed by atoms with van der Waals surface area (Å²) in [6.45, 7) is 1.81. The highest BCUT2D eigenvalue weighted by molar-refractivity contribution is 8.00. The van der Waals surface area contributed by atoms with E-state index in [1.807, 2.05) is 0 Å². The van der Waals surface area contributed by atoms with Gasteiger partial charge in [0.15, 0.2) is 0 Å². The third-order valence-corrected chi connectivity index (χ3v) is 5.19. The lowest BCUT2D eigenvalue weighted by Gasteiger charge is -2.18. The van der Waals surface area contributed by atoms with E-state index in [4.69, 9.17) is 4.74 Å². The molecular formula is C19H15N2O6S-. The average Bonchev–Trinajstić information content (AvgIpc) is 2.95. The van der Waals surface area contributed by atoms with Gasteiger partial charge < -0.3 is 14.6 Å². The minimum absolute atomic E-state index is 0.0918. The Morgan fingerprint density at radius 3 is 2.64 bits per heavy atom. The Labute approximate surface area is 164 Å². The topological polar surface area (TPSA) is 117 Å². The molecule has 3 rings (SSSR count). The lowest BCUT2D eigenvalue weighted by atomic mass is 10.1. The molecule has 2 amide bonds. The first-order valence-corrected chi connectivity index (χ1v) is 9.28. The molecule has 144 valence electrons. The van der Waals surface area contributed by atoms with Crippen molar-refractivity contribution in [3.8, 4) is 0 Å². The van der Waals surface area contributed by atoms with Crippen LogP contribution in [0.1, 0.15) is 34.1 Å². The maximum absolute atomic E-state index is 12.9. The lowest BCUT2D eigenvalue weighted by Crippen LogP contribution is -2.32. The number of hydrogen-bond donors (Lipinski definition) is 0. The van der Waals surface area contributed by atoms with Crippen molar-refractivity contribution >= 4 is 41.2 Å². The lowest BCUT2D eigenvalue weighted by molar-refractivity contribution is -0.255. The summed E-state index contributed by atoms with van der Waals surface area (Å²) in [6.07, 6.45) is 1.24. The number of carboxylic acids is 1. The van der Waals surface area contributed by atoms with Gasteiger partial charge in [0.2, 0.25) is 11.8 Å². The van der Waals surface area contributed by atoms with Crippen molar-refractivity contribution in [1.82, 2.24) is 4.98 Å². The molecule has 0 radical (unpaired) electrons. The highest BCUT2D eigenvalue weighted by Crippen LogP contribution is 2.35. The van der Waals surface area contributed by atoms with Crippen LogP contribution in [0.5, 0.6) is 0 Å². The van der Waals surface area contributed by atoms with Crippen LogP contribution in [0.3, 0.4) is 0 Å². The third kappa shape index (κ3) is 3.74. The van der Waals surface area contributed by atoms with E-state index < -0.39 is 29.0 Å². The van der Waals surface area contributed by atoms with Crippen molar-refractivity contribution in [2.24, 2.45) is 0 Å². The van der Waals surface area contributed by atoms with E-state index in [0.29, 0.717) is 0 Å². The van der Waals surface area contributed by atoms with Crippen molar-refractivity contribution in [2.75, 3.05) is 11.5 Å². The van der Waals surface area contributed by atoms with Crippen LogP contribution in [0.4, 0.5) is 5.69 Å². The number of anilines is 1. The standard InChI is InChI=1S/C19H16N2O6S/c1-2-27-19(26)11-6-3-4-8-13(11)21-15(22)10-14(17(21)23)28-16-12(18(24)25)7-5-9-20-16/h3-9,14H,2,10H2,1H3,(H,24,25)/p-1/t14-/m1/s1. The molecule has 8 nitrogen and oxygen atoms in total. The molecule has 1 saturated heterocycles. The number of aromatic carboxylic acids is 1. The Bertz CT molecular complexity index is 961. The van der Waals surface area contributed by atoms with Crippen LogP contribution in [0.15, 0.2) is 47.6 Å². The Hall–Kier alpha value is -3.20. The molecule has 0 spiro atoms. The number of carboxylic acid groups (broad SMARTS) is 1. The molecular weight excluding hydrogens is 384 g/mol.